The molecule has 0 unspecified atom stereocenters. The summed E-state index contributed by atoms with van der Waals surface area (Å²) in [5, 5.41) is 3.93. The van der Waals surface area contributed by atoms with Crippen molar-refractivity contribution in [1.82, 2.24) is 4.98 Å². The van der Waals surface area contributed by atoms with E-state index in [1.165, 1.54) is 6.92 Å². The third-order valence-corrected chi connectivity index (χ3v) is 4.19. The van der Waals surface area contributed by atoms with Crippen LogP contribution >= 0.6 is 0 Å². The number of para-hydroxylation sites is 1. The van der Waals surface area contributed by atoms with Gasteiger partial charge in [0.15, 0.2) is 5.78 Å². The number of nitrogens with zero attached hydrogens (tertiary/aromatic N) is 1. The van der Waals surface area contributed by atoms with Crippen LogP contribution < -0.4 is 10.1 Å². The summed E-state index contributed by atoms with van der Waals surface area (Å²) in [6.07, 6.45) is 0.919. The number of ketones is 1. The molecule has 3 aromatic rings. The number of aryl methyl sites for hydroxylation is 1. The van der Waals surface area contributed by atoms with E-state index in [-0.39, 0.29) is 11.7 Å². The number of amides is 1. The van der Waals surface area contributed by atoms with Gasteiger partial charge in [0.1, 0.15) is 5.75 Å². The van der Waals surface area contributed by atoms with Crippen molar-refractivity contribution in [1.29, 1.82) is 0 Å². The molecule has 1 N–H and O–H groups in total. The molecule has 0 fully saturated rings. The second-order valence-electron chi connectivity index (χ2n) is 6.41. The molecule has 1 aromatic heterocycles. The second kappa shape index (κ2) is 8.45. The fourth-order valence-electron chi connectivity index (χ4n) is 2.79. The molecular weight excluding hydrogens is 340 g/mol. The quantitative estimate of drug-likeness (QED) is 0.495. The molecule has 0 saturated heterocycles. The van der Waals surface area contributed by atoms with Gasteiger partial charge >= 0.3 is 0 Å². The Morgan fingerprint density at radius 3 is 2.70 bits per heavy atom. The van der Waals surface area contributed by atoms with Gasteiger partial charge < -0.3 is 10.1 Å². The molecule has 3 rings (SSSR count). The molecule has 5 heteroatoms. The van der Waals surface area contributed by atoms with Crippen molar-refractivity contribution in [3.63, 3.8) is 0 Å². The number of hydrogen-bond acceptors (Lipinski definition) is 4. The molecule has 27 heavy (non-hydrogen) atoms. The molecule has 2 aromatic carbocycles. The number of benzene rings is 2. The molecule has 1 amide bonds. The van der Waals surface area contributed by atoms with Gasteiger partial charge in [0, 0.05) is 23.1 Å². The van der Waals surface area contributed by atoms with Crippen molar-refractivity contribution in [2.45, 2.75) is 26.7 Å². The number of fused-ring (bicyclic) bond motifs is 1. The first-order valence-electron chi connectivity index (χ1n) is 8.93. The number of anilines is 1. The molecule has 5 nitrogen and oxygen atoms in total. The van der Waals surface area contributed by atoms with E-state index in [0.717, 1.165) is 22.3 Å². The summed E-state index contributed by atoms with van der Waals surface area (Å²) in [6.45, 7) is 3.85. The van der Waals surface area contributed by atoms with E-state index in [4.69, 9.17) is 4.74 Å². The zero-order valence-corrected chi connectivity index (χ0v) is 15.5. The van der Waals surface area contributed by atoms with Crippen molar-refractivity contribution >= 4 is 28.3 Å². The van der Waals surface area contributed by atoms with Gasteiger partial charge in [-0.05, 0) is 44.5 Å². The lowest BCUT2D eigenvalue weighted by molar-refractivity contribution is -0.116. The molecule has 0 aliphatic carbocycles. The number of rotatable bonds is 7. The third kappa shape index (κ3) is 4.91. The lowest BCUT2D eigenvalue weighted by Gasteiger charge is -2.10. The summed E-state index contributed by atoms with van der Waals surface area (Å²) in [5.74, 6) is 0.558. The molecule has 138 valence electrons. The first kappa shape index (κ1) is 18.6. The SMILES string of the molecule is CC(=O)c1cccc(OCCCC(=O)Nc2cccc3ccc(C)nc23)c1. The molecule has 0 aliphatic heterocycles. The predicted octanol–water partition coefficient (Wildman–Crippen LogP) is 4.54. The Kier molecular flexibility index (Phi) is 5.81. The molecule has 0 atom stereocenters. The maximum Gasteiger partial charge on any atom is 0.224 e. The highest BCUT2D eigenvalue weighted by Gasteiger charge is 2.08. The normalized spacial score (nSPS) is 10.6. The van der Waals surface area contributed by atoms with E-state index in [2.05, 4.69) is 10.3 Å². The number of ether oxygens (including phenoxy) is 1. The second-order valence-corrected chi connectivity index (χ2v) is 6.41. The van der Waals surface area contributed by atoms with Crippen LogP contribution in [0.5, 0.6) is 5.75 Å². The van der Waals surface area contributed by atoms with E-state index in [1.54, 1.807) is 24.3 Å². The van der Waals surface area contributed by atoms with Gasteiger partial charge in [-0.2, -0.15) is 0 Å². The number of aromatic nitrogens is 1. The Hall–Kier alpha value is -3.21. The number of pyridine rings is 1. The summed E-state index contributed by atoms with van der Waals surface area (Å²) in [4.78, 5) is 28.2. The molecule has 0 bridgehead atoms. The third-order valence-electron chi connectivity index (χ3n) is 4.19. The Morgan fingerprint density at radius 1 is 1.07 bits per heavy atom. The standard InChI is InChI=1S/C22H22N2O3/c1-15-11-12-17-6-4-9-20(22(17)23-15)24-21(26)10-5-13-27-19-8-3-7-18(14-19)16(2)25/h3-4,6-9,11-12,14H,5,10,13H2,1-2H3,(H,24,26). The summed E-state index contributed by atoms with van der Waals surface area (Å²) in [7, 11) is 0. The minimum Gasteiger partial charge on any atom is -0.494 e. The first-order valence-corrected chi connectivity index (χ1v) is 8.93. The molecule has 0 aliphatic rings. The number of Topliss-reactive ketones (excluding diaryl/α,β-unsaturated/α-hetero) is 1. The lowest BCUT2D eigenvalue weighted by atomic mass is 10.1. The maximum atomic E-state index is 12.3. The van der Waals surface area contributed by atoms with Gasteiger partial charge in [-0.25, -0.2) is 0 Å². The highest BCUT2D eigenvalue weighted by molar-refractivity contribution is 6.00. The van der Waals surface area contributed by atoms with Gasteiger partial charge in [-0.15, -0.1) is 0 Å². The van der Waals surface area contributed by atoms with Crippen molar-refractivity contribution in [2.24, 2.45) is 0 Å². The van der Waals surface area contributed by atoms with Crippen LogP contribution in [-0.2, 0) is 4.79 Å². The van der Waals surface area contributed by atoms with Crippen molar-refractivity contribution in [3.05, 3.63) is 65.9 Å². The molecular formula is C22H22N2O3. The maximum absolute atomic E-state index is 12.3. The minimum atomic E-state index is -0.0770. The van der Waals surface area contributed by atoms with Crippen LogP contribution in [0.4, 0.5) is 5.69 Å². The predicted molar refractivity (Wildman–Crippen MR) is 106 cm³/mol. The first-order chi connectivity index (χ1) is 13.0. The van der Waals surface area contributed by atoms with Gasteiger partial charge in [-0.3, -0.25) is 14.6 Å². The molecule has 0 saturated carbocycles. The van der Waals surface area contributed by atoms with Gasteiger partial charge in [-0.1, -0.05) is 30.3 Å². The number of hydrogen-bond donors (Lipinski definition) is 1. The Morgan fingerprint density at radius 2 is 1.89 bits per heavy atom. The van der Waals surface area contributed by atoms with Crippen molar-refractivity contribution < 1.29 is 14.3 Å². The van der Waals surface area contributed by atoms with Crippen molar-refractivity contribution in [2.75, 3.05) is 11.9 Å². The Balaban J connectivity index is 1.53. The zero-order chi connectivity index (χ0) is 19.2. The van der Waals surface area contributed by atoms with E-state index in [0.29, 0.717) is 30.8 Å². The smallest absolute Gasteiger partial charge is 0.224 e. The number of carbonyl (C=O) groups excluding carboxylic acids is 2. The minimum absolute atomic E-state index is 0.00115. The van der Waals surface area contributed by atoms with Gasteiger partial charge in [0.25, 0.3) is 0 Å². The van der Waals surface area contributed by atoms with Gasteiger partial charge in [0.2, 0.25) is 5.91 Å². The van der Waals surface area contributed by atoms with Crippen LogP contribution in [0.2, 0.25) is 0 Å². The van der Waals surface area contributed by atoms with Crippen LogP contribution in [-0.4, -0.2) is 23.3 Å². The number of carbonyl (C=O) groups is 2. The van der Waals surface area contributed by atoms with Crippen LogP contribution in [0, 0.1) is 6.92 Å². The number of nitrogens with one attached hydrogen (secondary N) is 1. The van der Waals surface area contributed by atoms with Gasteiger partial charge in [0.05, 0.1) is 17.8 Å². The van der Waals surface area contributed by atoms with E-state index >= 15 is 0 Å². The summed E-state index contributed by atoms with van der Waals surface area (Å²) in [6, 6.07) is 16.7. The summed E-state index contributed by atoms with van der Waals surface area (Å²) < 4.78 is 5.64. The van der Waals surface area contributed by atoms with Crippen LogP contribution in [0.15, 0.2) is 54.6 Å². The summed E-state index contributed by atoms with van der Waals surface area (Å²) in [5.41, 5.74) is 3.04. The van der Waals surface area contributed by atoms with E-state index < -0.39 is 0 Å². The Labute approximate surface area is 158 Å². The topological polar surface area (TPSA) is 68.3 Å². The lowest BCUT2D eigenvalue weighted by Crippen LogP contribution is -2.13. The highest BCUT2D eigenvalue weighted by Crippen LogP contribution is 2.22. The average Bonchev–Trinajstić information content (AvgIpc) is 2.66. The summed E-state index contributed by atoms with van der Waals surface area (Å²) >= 11 is 0. The van der Waals surface area contributed by atoms with Crippen LogP contribution in [0.3, 0.4) is 0 Å². The zero-order valence-electron chi connectivity index (χ0n) is 15.5. The van der Waals surface area contributed by atoms with Crippen LogP contribution in [0.1, 0.15) is 35.8 Å². The van der Waals surface area contributed by atoms with E-state index in [1.807, 2.05) is 37.3 Å². The highest BCUT2D eigenvalue weighted by atomic mass is 16.5. The largest absolute Gasteiger partial charge is 0.494 e. The van der Waals surface area contributed by atoms with Crippen molar-refractivity contribution in [3.8, 4) is 5.75 Å². The van der Waals surface area contributed by atoms with E-state index in [9.17, 15) is 9.59 Å². The molecule has 0 spiro atoms. The monoisotopic (exact) mass is 362 g/mol. The fraction of sp³-hybridized carbons (Fsp3) is 0.227. The molecule has 0 radical (unpaired) electrons. The Bertz CT molecular complexity index is 982. The fourth-order valence-corrected chi connectivity index (χ4v) is 2.79. The average molecular weight is 362 g/mol. The van der Waals surface area contributed by atoms with Crippen LogP contribution in [0.25, 0.3) is 10.9 Å². The molecule has 1 heterocycles.